The fourth-order valence-corrected chi connectivity index (χ4v) is 2.81. The number of rotatable bonds is 5. The summed E-state index contributed by atoms with van der Waals surface area (Å²) in [5.41, 5.74) is 0.163. The van der Waals surface area contributed by atoms with Crippen LogP contribution >= 0.6 is 31.9 Å². The molecule has 0 heterocycles. The van der Waals surface area contributed by atoms with Crippen LogP contribution in [-0.4, -0.2) is 28.7 Å². The van der Waals surface area contributed by atoms with Crippen molar-refractivity contribution in [3.05, 3.63) is 34.1 Å². The normalized spacial score (nSPS) is 15.1. The van der Waals surface area contributed by atoms with Crippen molar-refractivity contribution in [2.45, 2.75) is 31.7 Å². The van der Waals surface area contributed by atoms with Gasteiger partial charge in [-0.15, -0.1) is 0 Å². The predicted molar refractivity (Wildman–Crippen MR) is 81.2 cm³/mol. The average molecular weight is 393 g/mol. The third-order valence-electron chi connectivity index (χ3n) is 3.47. The molecule has 0 saturated heterocycles. The molecule has 2 nitrogen and oxygen atoms in total. The van der Waals surface area contributed by atoms with Crippen molar-refractivity contribution in [3.63, 3.8) is 0 Å². The van der Waals surface area contributed by atoms with Crippen LogP contribution in [0.4, 0.5) is 4.39 Å². The molecule has 1 aliphatic carbocycles. The molecule has 0 N–H and O–H groups in total. The van der Waals surface area contributed by atoms with E-state index in [0.717, 1.165) is 35.5 Å². The fraction of sp³-hybridized carbons (Fsp3) is 0.500. The molecule has 0 unspecified atom stereocenters. The minimum atomic E-state index is -0.448. The zero-order valence-corrected chi connectivity index (χ0v) is 13.7. The van der Waals surface area contributed by atoms with E-state index in [4.69, 9.17) is 0 Å². The van der Waals surface area contributed by atoms with E-state index in [-0.39, 0.29) is 17.5 Å². The molecule has 0 spiro atoms. The summed E-state index contributed by atoms with van der Waals surface area (Å²) in [6, 6.07) is 4.79. The van der Waals surface area contributed by atoms with Crippen LogP contribution in [0.25, 0.3) is 0 Å². The molecule has 1 aromatic rings. The lowest BCUT2D eigenvalue weighted by atomic mass is 9.90. The summed E-state index contributed by atoms with van der Waals surface area (Å²) in [5, 5.41) is 0.852. The SMILES string of the molecule is O=C(c1cc(Br)ccc1F)N(CCCBr)C1CCC1. The van der Waals surface area contributed by atoms with Gasteiger partial charge in [-0.25, -0.2) is 4.39 Å². The van der Waals surface area contributed by atoms with Crippen LogP contribution in [0.1, 0.15) is 36.0 Å². The van der Waals surface area contributed by atoms with Gasteiger partial charge in [-0.2, -0.15) is 0 Å². The molecule has 1 fully saturated rings. The van der Waals surface area contributed by atoms with Crippen molar-refractivity contribution in [2.75, 3.05) is 11.9 Å². The average Bonchev–Trinajstić information content (AvgIpc) is 2.34. The van der Waals surface area contributed by atoms with Crippen LogP contribution in [0.5, 0.6) is 0 Å². The number of halogens is 3. The van der Waals surface area contributed by atoms with Crippen LogP contribution in [0, 0.1) is 5.82 Å². The van der Waals surface area contributed by atoms with Crippen molar-refractivity contribution in [1.29, 1.82) is 0 Å². The summed E-state index contributed by atoms with van der Waals surface area (Å²) in [5.74, 6) is -0.638. The minimum absolute atomic E-state index is 0.163. The number of nitrogens with zero attached hydrogens (tertiary/aromatic N) is 1. The number of carbonyl (C=O) groups excluding carboxylic acids is 1. The Hall–Kier alpha value is -0.420. The number of alkyl halides is 1. The van der Waals surface area contributed by atoms with Gasteiger partial charge in [-0.3, -0.25) is 4.79 Å². The lowest BCUT2D eigenvalue weighted by molar-refractivity contribution is 0.0576. The van der Waals surface area contributed by atoms with Crippen molar-refractivity contribution in [2.24, 2.45) is 0 Å². The second kappa shape index (κ2) is 6.84. The van der Waals surface area contributed by atoms with Gasteiger partial charge in [0.1, 0.15) is 5.82 Å². The molecule has 1 saturated carbocycles. The second-order valence-electron chi connectivity index (χ2n) is 4.75. The Balaban J connectivity index is 2.19. The highest BCUT2D eigenvalue weighted by atomic mass is 79.9. The number of hydrogen-bond acceptors (Lipinski definition) is 1. The van der Waals surface area contributed by atoms with Crippen LogP contribution in [0.3, 0.4) is 0 Å². The Morgan fingerprint density at radius 2 is 2.16 bits per heavy atom. The van der Waals surface area contributed by atoms with E-state index in [1.807, 2.05) is 4.90 Å². The molecule has 19 heavy (non-hydrogen) atoms. The van der Waals surface area contributed by atoms with E-state index in [2.05, 4.69) is 31.9 Å². The number of amides is 1. The third kappa shape index (κ3) is 3.57. The van der Waals surface area contributed by atoms with E-state index in [1.165, 1.54) is 6.07 Å². The highest BCUT2D eigenvalue weighted by Gasteiger charge is 2.30. The molecule has 0 atom stereocenters. The van der Waals surface area contributed by atoms with Gasteiger partial charge >= 0.3 is 0 Å². The summed E-state index contributed by atoms with van der Waals surface area (Å²) < 4.78 is 14.5. The topological polar surface area (TPSA) is 20.3 Å². The minimum Gasteiger partial charge on any atom is -0.336 e. The molecule has 1 aromatic carbocycles. The van der Waals surface area contributed by atoms with Gasteiger partial charge in [0.25, 0.3) is 5.91 Å². The van der Waals surface area contributed by atoms with Crippen LogP contribution < -0.4 is 0 Å². The monoisotopic (exact) mass is 391 g/mol. The molecule has 0 aliphatic heterocycles. The van der Waals surface area contributed by atoms with Crippen LogP contribution in [0.2, 0.25) is 0 Å². The highest BCUT2D eigenvalue weighted by molar-refractivity contribution is 9.10. The van der Waals surface area contributed by atoms with Gasteiger partial charge in [0.2, 0.25) is 0 Å². The first-order valence-electron chi connectivity index (χ1n) is 6.45. The van der Waals surface area contributed by atoms with Crippen LogP contribution in [-0.2, 0) is 0 Å². The molecule has 2 rings (SSSR count). The molecule has 104 valence electrons. The van der Waals surface area contributed by atoms with Gasteiger partial charge in [0.05, 0.1) is 5.56 Å². The van der Waals surface area contributed by atoms with Gasteiger partial charge in [-0.1, -0.05) is 31.9 Å². The summed E-state index contributed by atoms with van der Waals surface area (Å²) in [6.07, 6.45) is 4.11. The Bertz CT molecular complexity index is 463. The standard InChI is InChI=1S/C14H16Br2FNO/c15-7-2-8-18(11-3-1-4-11)14(19)12-9-10(16)5-6-13(12)17/h5-6,9,11H,1-4,7-8H2. The molecule has 0 aromatic heterocycles. The van der Waals surface area contributed by atoms with Gasteiger partial charge in [0, 0.05) is 22.4 Å². The molecule has 0 bridgehead atoms. The van der Waals surface area contributed by atoms with Crippen molar-refractivity contribution >= 4 is 37.8 Å². The summed E-state index contributed by atoms with van der Waals surface area (Å²) in [6.45, 7) is 0.681. The highest BCUT2D eigenvalue weighted by Crippen LogP contribution is 2.27. The first kappa shape index (κ1) is 15.0. The zero-order chi connectivity index (χ0) is 13.8. The van der Waals surface area contributed by atoms with Gasteiger partial charge in [-0.05, 0) is 43.9 Å². The molecular weight excluding hydrogens is 377 g/mol. The summed E-state index contributed by atoms with van der Waals surface area (Å²) in [4.78, 5) is 14.3. The second-order valence-corrected chi connectivity index (χ2v) is 6.46. The Morgan fingerprint density at radius 1 is 1.42 bits per heavy atom. The molecule has 5 heteroatoms. The molecule has 1 aliphatic rings. The van der Waals surface area contributed by atoms with E-state index >= 15 is 0 Å². The third-order valence-corrected chi connectivity index (χ3v) is 4.52. The first-order valence-corrected chi connectivity index (χ1v) is 8.37. The Kier molecular flexibility index (Phi) is 5.39. The van der Waals surface area contributed by atoms with Gasteiger partial charge < -0.3 is 4.90 Å². The largest absolute Gasteiger partial charge is 0.336 e. The maximum Gasteiger partial charge on any atom is 0.257 e. The first-order chi connectivity index (χ1) is 9.13. The molecule has 0 radical (unpaired) electrons. The lowest BCUT2D eigenvalue weighted by Crippen LogP contribution is -2.45. The zero-order valence-electron chi connectivity index (χ0n) is 10.5. The van der Waals surface area contributed by atoms with Crippen molar-refractivity contribution < 1.29 is 9.18 Å². The number of carbonyl (C=O) groups is 1. The Labute approximate surface area is 129 Å². The van der Waals surface area contributed by atoms with E-state index in [9.17, 15) is 9.18 Å². The Morgan fingerprint density at radius 3 is 2.74 bits per heavy atom. The number of hydrogen-bond donors (Lipinski definition) is 0. The quantitative estimate of drug-likeness (QED) is 0.681. The lowest BCUT2D eigenvalue weighted by Gasteiger charge is -2.37. The van der Waals surface area contributed by atoms with Crippen molar-refractivity contribution in [1.82, 2.24) is 4.90 Å². The smallest absolute Gasteiger partial charge is 0.257 e. The number of benzene rings is 1. The summed E-state index contributed by atoms with van der Waals surface area (Å²) >= 11 is 6.67. The molecule has 1 amide bonds. The van der Waals surface area contributed by atoms with E-state index < -0.39 is 5.82 Å². The van der Waals surface area contributed by atoms with E-state index in [0.29, 0.717) is 6.54 Å². The van der Waals surface area contributed by atoms with Gasteiger partial charge in [0.15, 0.2) is 0 Å². The fourth-order valence-electron chi connectivity index (χ4n) is 2.19. The van der Waals surface area contributed by atoms with E-state index in [1.54, 1.807) is 12.1 Å². The van der Waals surface area contributed by atoms with Crippen molar-refractivity contribution in [3.8, 4) is 0 Å². The predicted octanol–water partition coefficient (Wildman–Crippen LogP) is 4.37. The maximum atomic E-state index is 13.8. The van der Waals surface area contributed by atoms with Crippen LogP contribution in [0.15, 0.2) is 22.7 Å². The molecular formula is C14H16Br2FNO. The maximum absolute atomic E-state index is 13.8. The summed E-state index contributed by atoms with van der Waals surface area (Å²) in [7, 11) is 0.